The largest absolute Gasteiger partial charge is 0.462 e. The van der Waals surface area contributed by atoms with E-state index in [9.17, 15) is 14.4 Å². The van der Waals surface area contributed by atoms with E-state index < -0.39 is 6.10 Å². The van der Waals surface area contributed by atoms with Gasteiger partial charge in [-0.05, 0) is 103 Å². The Hall–Kier alpha value is -4.45. The van der Waals surface area contributed by atoms with Crippen LogP contribution in [0.15, 0.2) is 134 Å². The van der Waals surface area contributed by atoms with E-state index in [1.165, 1.54) is 154 Å². The van der Waals surface area contributed by atoms with Crippen molar-refractivity contribution in [3.63, 3.8) is 0 Å². The zero-order valence-electron chi connectivity index (χ0n) is 54.2. The smallest absolute Gasteiger partial charge is 0.306 e. The molecule has 0 bridgehead atoms. The summed E-state index contributed by atoms with van der Waals surface area (Å²) >= 11 is 0. The Morgan fingerprint density at radius 3 is 0.807 bits per heavy atom. The summed E-state index contributed by atoms with van der Waals surface area (Å²) in [6, 6.07) is 0. The fraction of sp³-hybridized carbons (Fsp3) is 0.675. The van der Waals surface area contributed by atoms with Crippen LogP contribution in [-0.2, 0) is 28.6 Å². The molecule has 1 atom stereocenters. The highest BCUT2D eigenvalue weighted by atomic mass is 16.6. The zero-order chi connectivity index (χ0) is 59.9. The molecule has 0 fully saturated rings. The number of hydrogen-bond donors (Lipinski definition) is 0. The second-order valence-electron chi connectivity index (χ2n) is 22.7. The Morgan fingerprint density at radius 1 is 0.253 bits per heavy atom. The predicted octanol–water partition coefficient (Wildman–Crippen LogP) is 24.1. The zero-order valence-corrected chi connectivity index (χ0v) is 54.2. The van der Waals surface area contributed by atoms with Gasteiger partial charge in [0.15, 0.2) is 6.10 Å². The molecule has 0 rings (SSSR count). The number of carbonyl (C=O) groups excluding carboxylic acids is 3. The Balaban J connectivity index is 4.46. The SMILES string of the molecule is CC/C=C\C/C=C\C/C=C\C/C=C\C/C=C\C/C=C\CCC(=O)OCC(COC(=O)CCCCCCCCCCC/C=C\C/C=C\C/C=C\C/C=C\C/C=C\CC)OC(=O)CCCCCCCCCCCCCCCCCCCCCCC. The van der Waals surface area contributed by atoms with E-state index in [-0.39, 0.29) is 37.5 Å². The van der Waals surface area contributed by atoms with Crippen LogP contribution in [-0.4, -0.2) is 37.2 Å². The Labute approximate surface area is 513 Å². The highest BCUT2D eigenvalue weighted by Gasteiger charge is 2.19. The van der Waals surface area contributed by atoms with Gasteiger partial charge in [0, 0.05) is 19.3 Å². The van der Waals surface area contributed by atoms with Gasteiger partial charge in [-0.1, -0.05) is 328 Å². The van der Waals surface area contributed by atoms with Crippen LogP contribution in [0.3, 0.4) is 0 Å². The molecule has 0 heterocycles. The second-order valence-corrected chi connectivity index (χ2v) is 22.7. The molecule has 0 amide bonds. The molecular formula is C77H128O6. The van der Waals surface area contributed by atoms with Crippen molar-refractivity contribution in [3.05, 3.63) is 134 Å². The maximum Gasteiger partial charge on any atom is 0.306 e. The van der Waals surface area contributed by atoms with E-state index >= 15 is 0 Å². The summed E-state index contributed by atoms with van der Waals surface area (Å²) in [5.41, 5.74) is 0. The number of esters is 3. The molecule has 0 aliphatic carbocycles. The van der Waals surface area contributed by atoms with Crippen molar-refractivity contribution in [3.8, 4) is 0 Å². The summed E-state index contributed by atoms with van der Waals surface area (Å²) < 4.78 is 16.9. The van der Waals surface area contributed by atoms with Crippen molar-refractivity contribution < 1.29 is 28.6 Å². The molecule has 83 heavy (non-hydrogen) atoms. The van der Waals surface area contributed by atoms with Crippen molar-refractivity contribution in [2.75, 3.05) is 13.2 Å². The standard InChI is InChI=1S/C77H128O6/c1-4-7-10-13-16-19-22-25-28-31-34-36-37-38-39-41-43-46-49-52-55-58-61-64-67-70-76(79)82-73-74(72-81-75(78)69-66-63-60-57-54-51-48-45-42-33-30-27-24-21-18-15-12-9-6-3)83-77(80)71-68-65-62-59-56-53-50-47-44-40-35-32-29-26-23-20-17-14-11-8-5-2/h7,9-10,12,16,18-19,21,25,27-28,30,34,36,38-39,42,45,51,54,60,63,74H,4-6,8,11,13-15,17,20,22-24,26,29,31-33,35,37,40-41,43-44,46-50,52-53,55-59,61-62,64-73H2,1-3H3/b10-7-,12-9-,19-16-,21-18-,28-25-,30-27-,36-34-,39-38-,45-42-,54-51-,63-60-. The number of carbonyl (C=O) groups is 3. The summed E-state index contributed by atoms with van der Waals surface area (Å²) in [7, 11) is 0. The second kappa shape index (κ2) is 70.0. The van der Waals surface area contributed by atoms with E-state index in [2.05, 4.69) is 148 Å². The molecule has 0 radical (unpaired) electrons. The fourth-order valence-electron chi connectivity index (χ4n) is 9.56. The molecule has 0 saturated heterocycles. The van der Waals surface area contributed by atoms with Crippen LogP contribution in [0.5, 0.6) is 0 Å². The summed E-state index contributed by atoms with van der Waals surface area (Å²) in [6.07, 6.45) is 99.1. The molecule has 0 aromatic carbocycles. The third kappa shape index (κ3) is 68.2. The van der Waals surface area contributed by atoms with E-state index in [0.717, 1.165) is 116 Å². The third-order valence-corrected chi connectivity index (χ3v) is 14.7. The van der Waals surface area contributed by atoms with Crippen LogP contribution in [0.1, 0.15) is 316 Å². The molecule has 0 aliphatic rings. The summed E-state index contributed by atoms with van der Waals surface area (Å²) in [5, 5.41) is 0. The molecule has 6 nitrogen and oxygen atoms in total. The van der Waals surface area contributed by atoms with Gasteiger partial charge < -0.3 is 14.2 Å². The van der Waals surface area contributed by atoms with Crippen LogP contribution >= 0.6 is 0 Å². The average Bonchev–Trinajstić information content (AvgIpc) is 3.49. The molecule has 0 aliphatic heterocycles. The summed E-state index contributed by atoms with van der Waals surface area (Å²) in [4.78, 5) is 38.4. The van der Waals surface area contributed by atoms with Gasteiger partial charge >= 0.3 is 17.9 Å². The normalized spacial score (nSPS) is 13.0. The van der Waals surface area contributed by atoms with Gasteiger partial charge in [0.25, 0.3) is 0 Å². The number of allylic oxidation sites excluding steroid dienone is 22. The van der Waals surface area contributed by atoms with Crippen LogP contribution in [0.4, 0.5) is 0 Å². The van der Waals surface area contributed by atoms with Crippen molar-refractivity contribution >= 4 is 17.9 Å². The van der Waals surface area contributed by atoms with E-state index in [4.69, 9.17) is 14.2 Å². The maximum atomic E-state index is 13.0. The van der Waals surface area contributed by atoms with Gasteiger partial charge in [-0.3, -0.25) is 14.4 Å². The highest BCUT2D eigenvalue weighted by molar-refractivity contribution is 5.71. The maximum absolute atomic E-state index is 13.0. The van der Waals surface area contributed by atoms with Gasteiger partial charge in [0.1, 0.15) is 13.2 Å². The first-order valence-corrected chi connectivity index (χ1v) is 34.7. The van der Waals surface area contributed by atoms with Crippen LogP contribution in [0.25, 0.3) is 0 Å². The molecule has 472 valence electrons. The molecular weight excluding hydrogens is 1020 g/mol. The van der Waals surface area contributed by atoms with Gasteiger partial charge in [-0.25, -0.2) is 0 Å². The van der Waals surface area contributed by atoms with Gasteiger partial charge in [-0.2, -0.15) is 0 Å². The Morgan fingerprint density at radius 2 is 0.494 bits per heavy atom. The first kappa shape index (κ1) is 78.5. The number of ether oxygens (including phenoxy) is 3. The van der Waals surface area contributed by atoms with E-state index in [1.807, 2.05) is 6.08 Å². The summed E-state index contributed by atoms with van der Waals surface area (Å²) in [6.45, 7) is 6.38. The van der Waals surface area contributed by atoms with Crippen molar-refractivity contribution in [2.24, 2.45) is 0 Å². The Kier molecular flexibility index (Phi) is 66.3. The number of unbranched alkanes of at least 4 members (excludes halogenated alkanes) is 29. The lowest BCUT2D eigenvalue weighted by molar-refractivity contribution is -0.166. The van der Waals surface area contributed by atoms with E-state index in [0.29, 0.717) is 19.3 Å². The highest BCUT2D eigenvalue weighted by Crippen LogP contribution is 2.17. The number of rotatable bonds is 62. The van der Waals surface area contributed by atoms with Gasteiger partial charge in [-0.15, -0.1) is 0 Å². The minimum atomic E-state index is -0.816. The van der Waals surface area contributed by atoms with Crippen LogP contribution in [0.2, 0.25) is 0 Å². The first-order chi connectivity index (χ1) is 41.0. The minimum Gasteiger partial charge on any atom is -0.462 e. The molecule has 1 unspecified atom stereocenters. The van der Waals surface area contributed by atoms with Crippen LogP contribution in [0, 0.1) is 0 Å². The average molecular weight is 1150 g/mol. The lowest BCUT2D eigenvalue weighted by Gasteiger charge is -2.18. The van der Waals surface area contributed by atoms with Crippen molar-refractivity contribution in [1.82, 2.24) is 0 Å². The topological polar surface area (TPSA) is 78.9 Å². The summed E-state index contributed by atoms with van der Waals surface area (Å²) in [5.74, 6) is -0.988. The molecule has 0 spiro atoms. The lowest BCUT2D eigenvalue weighted by Crippen LogP contribution is -2.30. The third-order valence-electron chi connectivity index (χ3n) is 14.7. The minimum absolute atomic E-state index is 0.106. The predicted molar refractivity (Wildman–Crippen MR) is 362 cm³/mol. The molecule has 0 aromatic heterocycles. The van der Waals surface area contributed by atoms with Gasteiger partial charge in [0.2, 0.25) is 0 Å². The lowest BCUT2D eigenvalue weighted by atomic mass is 10.0. The number of hydrogen-bond acceptors (Lipinski definition) is 6. The monoisotopic (exact) mass is 1150 g/mol. The quantitative estimate of drug-likeness (QED) is 0.0261. The van der Waals surface area contributed by atoms with E-state index in [1.54, 1.807) is 0 Å². The Bertz CT molecular complexity index is 1750. The molecule has 6 heteroatoms. The first-order valence-electron chi connectivity index (χ1n) is 34.7. The van der Waals surface area contributed by atoms with Crippen molar-refractivity contribution in [1.29, 1.82) is 0 Å². The van der Waals surface area contributed by atoms with Crippen molar-refractivity contribution in [2.45, 2.75) is 322 Å². The molecule has 0 aromatic rings. The molecule has 0 saturated carbocycles. The van der Waals surface area contributed by atoms with Gasteiger partial charge in [0.05, 0.1) is 0 Å². The molecule has 0 N–H and O–H groups in total. The fourth-order valence-corrected chi connectivity index (χ4v) is 9.56. The van der Waals surface area contributed by atoms with Crippen LogP contribution < -0.4 is 0 Å².